The lowest BCUT2D eigenvalue weighted by molar-refractivity contribution is 0.0951. The van der Waals surface area contributed by atoms with Crippen LogP contribution in [0.2, 0.25) is 0 Å². The van der Waals surface area contributed by atoms with Crippen molar-refractivity contribution in [1.82, 2.24) is 15.3 Å². The van der Waals surface area contributed by atoms with Gasteiger partial charge in [-0.3, -0.25) is 4.79 Å². The van der Waals surface area contributed by atoms with Crippen molar-refractivity contribution >= 4 is 22.7 Å². The molecule has 0 aliphatic heterocycles. The van der Waals surface area contributed by atoms with Crippen LogP contribution in [-0.2, 0) is 24.3 Å². The number of fused-ring (bicyclic) bond motifs is 1. The zero-order valence-electron chi connectivity index (χ0n) is 14.2. The summed E-state index contributed by atoms with van der Waals surface area (Å²) in [7, 11) is 1.56. The van der Waals surface area contributed by atoms with Gasteiger partial charge in [0.05, 0.1) is 5.56 Å². The molecule has 0 aliphatic rings. The van der Waals surface area contributed by atoms with Crippen LogP contribution in [0.3, 0.4) is 0 Å². The molecule has 0 saturated carbocycles. The Hall–Kier alpha value is -2.93. The van der Waals surface area contributed by atoms with Gasteiger partial charge < -0.3 is 20.2 Å². The van der Waals surface area contributed by atoms with Gasteiger partial charge in [-0.1, -0.05) is 13.0 Å². The number of nitrogens with zero attached hydrogens (tertiary/aromatic N) is 2. The third kappa shape index (κ3) is 3.61. The highest BCUT2D eigenvalue weighted by Crippen LogP contribution is 2.23. The molecule has 7 heteroatoms. The third-order valence-corrected chi connectivity index (χ3v) is 3.95. The number of methoxy groups -OCH3 is 1. The molecule has 0 atom stereocenters. The molecule has 0 saturated heterocycles. The lowest BCUT2D eigenvalue weighted by atomic mass is 10.1. The standard InChI is InChI=1S/C18H20N4O3/c1-3-11-4-5-15-13(6-11)14(9-25-15)18(23)21-8-12-7-20-16(10-24-2)22-17(12)19/h4-7,9H,3,8,10H2,1-2H3,(H,21,23)(H2,19,20,22). The number of hydrogen-bond donors (Lipinski definition) is 2. The molecule has 1 amide bonds. The zero-order chi connectivity index (χ0) is 17.8. The Balaban J connectivity index is 1.75. The minimum Gasteiger partial charge on any atom is -0.463 e. The molecule has 25 heavy (non-hydrogen) atoms. The maximum atomic E-state index is 12.5. The molecule has 3 N–H and O–H groups in total. The SMILES string of the molecule is CCc1ccc2occ(C(=O)NCc3cnc(COC)nc3N)c2c1. The molecule has 0 fully saturated rings. The maximum absolute atomic E-state index is 12.5. The van der Waals surface area contributed by atoms with Crippen molar-refractivity contribution in [2.45, 2.75) is 26.5 Å². The number of amides is 1. The number of rotatable bonds is 6. The molecule has 2 aromatic heterocycles. The maximum Gasteiger partial charge on any atom is 0.255 e. The Morgan fingerprint density at radius 2 is 2.24 bits per heavy atom. The van der Waals surface area contributed by atoms with E-state index >= 15 is 0 Å². The van der Waals surface area contributed by atoms with E-state index in [1.807, 2.05) is 18.2 Å². The molecule has 0 radical (unpaired) electrons. The average Bonchev–Trinajstić information content (AvgIpc) is 3.04. The Morgan fingerprint density at radius 3 is 2.96 bits per heavy atom. The number of carbonyl (C=O) groups excluding carboxylic acids is 1. The number of benzene rings is 1. The van der Waals surface area contributed by atoms with Crippen LogP contribution in [-0.4, -0.2) is 23.0 Å². The average molecular weight is 340 g/mol. The number of nitrogens with one attached hydrogen (secondary N) is 1. The molecule has 0 bridgehead atoms. The highest BCUT2D eigenvalue weighted by molar-refractivity contribution is 6.06. The van der Waals surface area contributed by atoms with Crippen molar-refractivity contribution in [2.24, 2.45) is 0 Å². The number of aromatic nitrogens is 2. The van der Waals surface area contributed by atoms with E-state index in [0.29, 0.717) is 28.4 Å². The highest BCUT2D eigenvalue weighted by Gasteiger charge is 2.15. The van der Waals surface area contributed by atoms with Gasteiger partial charge in [0.1, 0.15) is 24.3 Å². The van der Waals surface area contributed by atoms with Gasteiger partial charge in [-0.05, 0) is 24.1 Å². The Bertz CT molecular complexity index is 904. The van der Waals surface area contributed by atoms with Gasteiger partial charge >= 0.3 is 0 Å². The first kappa shape index (κ1) is 16.9. The summed E-state index contributed by atoms with van der Waals surface area (Å²) in [6.45, 7) is 2.59. The van der Waals surface area contributed by atoms with E-state index < -0.39 is 0 Å². The van der Waals surface area contributed by atoms with E-state index in [1.165, 1.54) is 6.26 Å². The smallest absolute Gasteiger partial charge is 0.255 e. The molecular formula is C18H20N4O3. The first-order valence-electron chi connectivity index (χ1n) is 8.00. The van der Waals surface area contributed by atoms with Crippen LogP contribution in [0.25, 0.3) is 11.0 Å². The molecule has 0 aliphatic carbocycles. The van der Waals surface area contributed by atoms with Crippen LogP contribution < -0.4 is 11.1 Å². The van der Waals surface area contributed by atoms with Crippen molar-refractivity contribution in [3.05, 3.63) is 53.2 Å². The molecule has 3 rings (SSSR count). The predicted molar refractivity (Wildman–Crippen MR) is 93.9 cm³/mol. The molecular weight excluding hydrogens is 320 g/mol. The van der Waals surface area contributed by atoms with Crippen LogP contribution in [0, 0.1) is 0 Å². The van der Waals surface area contributed by atoms with Gasteiger partial charge in [0.2, 0.25) is 0 Å². The van der Waals surface area contributed by atoms with Gasteiger partial charge in [0.25, 0.3) is 5.91 Å². The van der Waals surface area contributed by atoms with Crippen LogP contribution >= 0.6 is 0 Å². The molecule has 130 valence electrons. The summed E-state index contributed by atoms with van der Waals surface area (Å²) in [6.07, 6.45) is 3.96. The summed E-state index contributed by atoms with van der Waals surface area (Å²) < 4.78 is 10.4. The van der Waals surface area contributed by atoms with Gasteiger partial charge in [-0.25, -0.2) is 9.97 Å². The van der Waals surface area contributed by atoms with Crippen molar-refractivity contribution in [3.63, 3.8) is 0 Å². The number of nitrogens with two attached hydrogens (primary N) is 1. The van der Waals surface area contributed by atoms with Crippen LogP contribution in [0.4, 0.5) is 5.82 Å². The summed E-state index contributed by atoms with van der Waals surface area (Å²) in [5, 5.41) is 3.64. The summed E-state index contributed by atoms with van der Waals surface area (Å²) in [5.74, 6) is 0.600. The molecule has 1 aromatic carbocycles. The summed E-state index contributed by atoms with van der Waals surface area (Å²) in [4.78, 5) is 20.8. The van der Waals surface area contributed by atoms with Gasteiger partial charge in [0, 0.05) is 30.8 Å². The van der Waals surface area contributed by atoms with Crippen LogP contribution in [0.1, 0.15) is 34.2 Å². The number of nitrogen functional groups attached to an aromatic ring is 1. The largest absolute Gasteiger partial charge is 0.463 e. The van der Waals surface area contributed by atoms with E-state index in [4.69, 9.17) is 14.9 Å². The predicted octanol–water partition coefficient (Wildman–Crippen LogP) is 2.44. The molecule has 0 unspecified atom stereocenters. The lowest BCUT2D eigenvalue weighted by Gasteiger charge is -2.08. The fourth-order valence-corrected chi connectivity index (χ4v) is 2.54. The van der Waals surface area contributed by atoms with Gasteiger partial charge in [-0.15, -0.1) is 0 Å². The Labute approximate surface area is 145 Å². The fraction of sp³-hybridized carbons (Fsp3) is 0.278. The Morgan fingerprint density at radius 1 is 1.40 bits per heavy atom. The first-order valence-corrected chi connectivity index (χ1v) is 8.00. The first-order chi connectivity index (χ1) is 12.1. The van der Waals surface area contributed by atoms with E-state index in [-0.39, 0.29) is 19.1 Å². The molecule has 0 spiro atoms. The van der Waals surface area contributed by atoms with E-state index in [9.17, 15) is 4.79 Å². The summed E-state index contributed by atoms with van der Waals surface area (Å²) >= 11 is 0. The second kappa shape index (κ2) is 7.31. The normalized spacial score (nSPS) is 11.0. The highest BCUT2D eigenvalue weighted by atomic mass is 16.5. The summed E-state index contributed by atoms with van der Waals surface area (Å²) in [5.41, 5.74) is 8.89. The number of ether oxygens (including phenoxy) is 1. The molecule has 2 heterocycles. The number of anilines is 1. The summed E-state index contributed by atoms with van der Waals surface area (Å²) in [6, 6.07) is 5.85. The third-order valence-electron chi connectivity index (χ3n) is 3.95. The topological polar surface area (TPSA) is 103 Å². The number of aryl methyl sites for hydroxylation is 1. The number of carbonyl (C=O) groups is 1. The van der Waals surface area contributed by atoms with E-state index in [0.717, 1.165) is 17.4 Å². The fourth-order valence-electron chi connectivity index (χ4n) is 2.54. The van der Waals surface area contributed by atoms with Crippen molar-refractivity contribution in [1.29, 1.82) is 0 Å². The molecule has 7 nitrogen and oxygen atoms in total. The second-order valence-corrected chi connectivity index (χ2v) is 5.65. The molecule has 3 aromatic rings. The van der Waals surface area contributed by atoms with Crippen molar-refractivity contribution < 1.29 is 13.9 Å². The van der Waals surface area contributed by atoms with Crippen molar-refractivity contribution in [3.8, 4) is 0 Å². The monoisotopic (exact) mass is 340 g/mol. The van der Waals surface area contributed by atoms with Crippen LogP contribution in [0.15, 0.2) is 35.1 Å². The van der Waals surface area contributed by atoms with E-state index in [1.54, 1.807) is 13.3 Å². The lowest BCUT2D eigenvalue weighted by Crippen LogP contribution is -2.23. The second-order valence-electron chi connectivity index (χ2n) is 5.65. The number of hydrogen-bond acceptors (Lipinski definition) is 6. The minimum atomic E-state index is -0.229. The van der Waals surface area contributed by atoms with Crippen LogP contribution in [0.5, 0.6) is 0 Å². The van der Waals surface area contributed by atoms with E-state index in [2.05, 4.69) is 22.2 Å². The van der Waals surface area contributed by atoms with Crippen molar-refractivity contribution in [2.75, 3.05) is 12.8 Å². The Kier molecular flexibility index (Phi) is 4.95. The minimum absolute atomic E-state index is 0.229. The number of furan rings is 1. The zero-order valence-corrected chi connectivity index (χ0v) is 14.2. The quantitative estimate of drug-likeness (QED) is 0.714. The van der Waals surface area contributed by atoms with Gasteiger partial charge in [0.15, 0.2) is 5.82 Å². The van der Waals surface area contributed by atoms with Gasteiger partial charge in [-0.2, -0.15) is 0 Å².